The number of amides is 1. The molecule has 0 saturated carbocycles. The van der Waals surface area contributed by atoms with Crippen LogP contribution >= 0.6 is 23.4 Å². The minimum atomic E-state index is -1.16. The van der Waals surface area contributed by atoms with Gasteiger partial charge in [-0.05, 0) is 86.3 Å². The van der Waals surface area contributed by atoms with E-state index in [-0.39, 0.29) is 5.78 Å². The molecular weight excluding hydrogens is 444 g/mol. The standard InChI is InChI=1S/C25H23ClN2O3S/c1-25(2,24(30)28-27-16-17-4-14-22(32-3)15-5-17)31-21-12-8-19(9-13-21)23(29)18-6-10-20(26)11-7-18/h4-16H,1-3H3,(H,28,30)/b27-16+. The van der Waals surface area contributed by atoms with Crippen LogP contribution in [-0.4, -0.2) is 29.8 Å². The lowest BCUT2D eigenvalue weighted by molar-refractivity contribution is -0.134. The molecule has 0 fully saturated rings. The first-order chi connectivity index (χ1) is 15.3. The number of nitrogens with zero attached hydrogens (tertiary/aromatic N) is 1. The van der Waals surface area contributed by atoms with Crippen molar-refractivity contribution in [3.63, 3.8) is 0 Å². The largest absolute Gasteiger partial charge is 0.478 e. The molecule has 0 bridgehead atoms. The fourth-order valence-corrected chi connectivity index (χ4v) is 3.31. The van der Waals surface area contributed by atoms with Gasteiger partial charge in [0.2, 0.25) is 0 Å². The summed E-state index contributed by atoms with van der Waals surface area (Å²) >= 11 is 7.53. The summed E-state index contributed by atoms with van der Waals surface area (Å²) in [6.45, 7) is 3.30. The number of nitrogens with one attached hydrogen (secondary N) is 1. The first-order valence-electron chi connectivity index (χ1n) is 9.85. The molecule has 0 unspecified atom stereocenters. The Morgan fingerprint density at radius 1 is 0.938 bits per heavy atom. The summed E-state index contributed by atoms with van der Waals surface area (Å²) in [6.07, 6.45) is 3.59. The van der Waals surface area contributed by atoms with Gasteiger partial charge in [-0.3, -0.25) is 9.59 Å². The molecule has 0 aliphatic rings. The lowest BCUT2D eigenvalue weighted by Gasteiger charge is -2.24. The third-order valence-corrected chi connectivity index (χ3v) is 5.63. The zero-order valence-corrected chi connectivity index (χ0v) is 19.5. The number of ether oxygens (including phenoxy) is 1. The Morgan fingerprint density at radius 2 is 1.50 bits per heavy atom. The highest BCUT2D eigenvalue weighted by atomic mass is 35.5. The summed E-state index contributed by atoms with van der Waals surface area (Å²) in [4.78, 5) is 26.3. The minimum Gasteiger partial charge on any atom is -0.478 e. The maximum absolute atomic E-state index is 12.6. The first-order valence-corrected chi connectivity index (χ1v) is 11.5. The third kappa shape index (κ3) is 6.22. The highest BCUT2D eigenvalue weighted by molar-refractivity contribution is 7.98. The number of rotatable bonds is 8. The molecule has 0 radical (unpaired) electrons. The fourth-order valence-electron chi connectivity index (χ4n) is 2.77. The molecule has 7 heteroatoms. The lowest BCUT2D eigenvalue weighted by Crippen LogP contribution is -2.44. The van der Waals surface area contributed by atoms with E-state index in [9.17, 15) is 9.59 Å². The molecule has 3 aromatic carbocycles. The number of carbonyl (C=O) groups is 2. The quantitative estimate of drug-likeness (QED) is 0.203. The van der Waals surface area contributed by atoms with Crippen molar-refractivity contribution in [2.75, 3.05) is 6.26 Å². The number of benzene rings is 3. The highest BCUT2D eigenvalue weighted by Crippen LogP contribution is 2.21. The Hall–Kier alpha value is -3.09. The van der Waals surface area contributed by atoms with E-state index in [2.05, 4.69) is 10.5 Å². The Kier molecular flexibility index (Phi) is 7.72. The number of halogens is 1. The van der Waals surface area contributed by atoms with Gasteiger partial charge in [0.1, 0.15) is 5.75 Å². The molecule has 164 valence electrons. The van der Waals surface area contributed by atoms with Crippen LogP contribution in [0.2, 0.25) is 5.02 Å². The summed E-state index contributed by atoms with van der Waals surface area (Å²) in [5, 5.41) is 4.59. The smallest absolute Gasteiger partial charge is 0.283 e. The second-order valence-electron chi connectivity index (χ2n) is 7.45. The molecule has 3 aromatic rings. The van der Waals surface area contributed by atoms with Gasteiger partial charge in [0.15, 0.2) is 11.4 Å². The first kappa shape index (κ1) is 23.6. The molecule has 0 aliphatic heterocycles. The van der Waals surface area contributed by atoms with Crippen LogP contribution in [0.1, 0.15) is 35.3 Å². The van der Waals surface area contributed by atoms with Crippen molar-refractivity contribution in [2.24, 2.45) is 5.10 Å². The molecular formula is C25H23ClN2O3S. The average molecular weight is 467 g/mol. The van der Waals surface area contributed by atoms with Gasteiger partial charge in [-0.1, -0.05) is 23.7 Å². The summed E-state index contributed by atoms with van der Waals surface area (Å²) in [5.74, 6) is -0.0460. The number of hydrazone groups is 1. The van der Waals surface area contributed by atoms with Crippen LogP contribution in [0.4, 0.5) is 0 Å². The monoisotopic (exact) mass is 466 g/mol. The maximum Gasteiger partial charge on any atom is 0.283 e. The van der Waals surface area contributed by atoms with Gasteiger partial charge in [-0.2, -0.15) is 5.10 Å². The van der Waals surface area contributed by atoms with Gasteiger partial charge in [-0.15, -0.1) is 11.8 Å². The maximum atomic E-state index is 12.6. The predicted molar refractivity (Wildman–Crippen MR) is 130 cm³/mol. The number of carbonyl (C=O) groups excluding carboxylic acids is 2. The Morgan fingerprint density at radius 3 is 2.06 bits per heavy atom. The van der Waals surface area contributed by atoms with Gasteiger partial charge < -0.3 is 4.74 Å². The van der Waals surface area contributed by atoms with Crippen molar-refractivity contribution in [3.8, 4) is 5.75 Å². The minimum absolute atomic E-state index is 0.120. The number of hydrogen-bond acceptors (Lipinski definition) is 5. The molecule has 5 nitrogen and oxygen atoms in total. The second-order valence-corrected chi connectivity index (χ2v) is 8.76. The van der Waals surface area contributed by atoms with E-state index in [1.54, 1.807) is 80.4 Å². The number of hydrogen-bond donors (Lipinski definition) is 1. The third-order valence-electron chi connectivity index (χ3n) is 4.64. The van der Waals surface area contributed by atoms with Crippen LogP contribution in [0.15, 0.2) is 82.8 Å². The van der Waals surface area contributed by atoms with Gasteiger partial charge in [0, 0.05) is 21.0 Å². The molecule has 0 heterocycles. The number of ketones is 1. The van der Waals surface area contributed by atoms with E-state index < -0.39 is 11.5 Å². The van der Waals surface area contributed by atoms with Gasteiger partial charge in [0.05, 0.1) is 6.21 Å². The molecule has 0 atom stereocenters. The van der Waals surface area contributed by atoms with Crippen molar-refractivity contribution in [3.05, 3.63) is 94.5 Å². The summed E-state index contributed by atoms with van der Waals surface area (Å²) in [6, 6.07) is 21.2. The SMILES string of the molecule is CSc1ccc(/C=N/NC(=O)C(C)(C)Oc2ccc(C(=O)c3ccc(Cl)cc3)cc2)cc1. The van der Waals surface area contributed by atoms with Crippen molar-refractivity contribution < 1.29 is 14.3 Å². The Balaban J connectivity index is 1.59. The van der Waals surface area contributed by atoms with Crippen LogP contribution in [0, 0.1) is 0 Å². The van der Waals surface area contributed by atoms with Gasteiger partial charge in [0.25, 0.3) is 5.91 Å². The van der Waals surface area contributed by atoms with Crippen LogP contribution in [-0.2, 0) is 4.79 Å². The molecule has 0 saturated heterocycles. The van der Waals surface area contributed by atoms with Gasteiger partial charge in [-0.25, -0.2) is 5.43 Å². The van der Waals surface area contributed by atoms with Crippen molar-refractivity contribution in [1.29, 1.82) is 0 Å². The van der Waals surface area contributed by atoms with E-state index in [0.717, 1.165) is 10.5 Å². The van der Waals surface area contributed by atoms with Crippen LogP contribution in [0.3, 0.4) is 0 Å². The van der Waals surface area contributed by atoms with E-state index in [1.807, 2.05) is 30.5 Å². The van der Waals surface area contributed by atoms with Crippen molar-refractivity contribution in [1.82, 2.24) is 5.43 Å². The highest BCUT2D eigenvalue weighted by Gasteiger charge is 2.30. The molecule has 3 rings (SSSR count). The second kappa shape index (κ2) is 10.5. The zero-order chi connectivity index (χ0) is 23.1. The zero-order valence-electron chi connectivity index (χ0n) is 18.0. The topological polar surface area (TPSA) is 67.8 Å². The van der Waals surface area contributed by atoms with E-state index >= 15 is 0 Å². The van der Waals surface area contributed by atoms with Crippen molar-refractivity contribution >= 4 is 41.3 Å². The summed E-state index contributed by atoms with van der Waals surface area (Å²) in [5.41, 5.74) is 3.28. The van der Waals surface area contributed by atoms with E-state index in [0.29, 0.717) is 21.9 Å². The Bertz CT molecular complexity index is 1110. The molecule has 32 heavy (non-hydrogen) atoms. The molecule has 1 amide bonds. The normalized spacial score (nSPS) is 11.4. The van der Waals surface area contributed by atoms with Crippen LogP contribution in [0.5, 0.6) is 5.75 Å². The summed E-state index contributed by atoms with van der Waals surface area (Å²) < 4.78 is 5.84. The van der Waals surface area contributed by atoms with Crippen molar-refractivity contribution in [2.45, 2.75) is 24.3 Å². The van der Waals surface area contributed by atoms with Crippen LogP contribution in [0.25, 0.3) is 0 Å². The molecule has 1 N–H and O–H groups in total. The Labute approximate surface area is 196 Å². The molecule has 0 aliphatic carbocycles. The predicted octanol–water partition coefficient (Wildman–Crippen LogP) is 5.60. The molecule has 0 spiro atoms. The average Bonchev–Trinajstić information content (AvgIpc) is 2.80. The number of thioether (sulfide) groups is 1. The lowest BCUT2D eigenvalue weighted by atomic mass is 10.0. The van der Waals surface area contributed by atoms with Gasteiger partial charge >= 0.3 is 0 Å². The van der Waals surface area contributed by atoms with E-state index in [4.69, 9.17) is 16.3 Å². The van der Waals surface area contributed by atoms with E-state index in [1.165, 1.54) is 0 Å². The molecule has 0 aromatic heterocycles. The van der Waals surface area contributed by atoms with Crippen LogP contribution < -0.4 is 10.2 Å². The summed E-state index contributed by atoms with van der Waals surface area (Å²) in [7, 11) is 0. The fraction of sp³-hybridized carbons (Fsp3) is 0.160.